The molecule has 3 amide bonds. The van der Waals surface area contributed by atoms with Crippen molar-refractivity contribution < 1.29 is 9.59 Å². The van der Waals surface area contributed by atoms with Gasteiger partial charge in [-0.25, -0.2) is 4.79 Å². The third-order valence-electron chi connectivity index (χ3n) is 4.78. The fourth-order valence-corrected chi connectivity index (χ4v) is 3.65. The number of carbonyl (C=O) groups is 2. The van der Waals surface area contributed by atoms with Gasteiger partial charge in [0.2, 0.25) is 5.91 Å². The van der Waals surface area contributed by atoms with E-state index in [2.05, 4.69) is 35.1 Å². The molecule has 0 spiro atoms. The van der Waals surface area contributed by atoms with Crippen molar-refractivity contribution in [3.05, 3.63) is 46.4 Å². The van der Waals surface area contributed by atoms with Crippen LogP contribution in [0.15, 0.2) is 40.9 Å². The molecule has 2 aromatic rings. The summed E-state index contributed by atoms with van der Waals surface area (Å²) in [5.74, 6) is 0.357. The molecule has 7 heteroatoms. The molecule has 0 aromatic heterocycles. The Morgan fingerprint density at radius 1 is 1.14 bits per heavy atom. The molecule has 0 saturated carbocycles. The van der Waals surface area contributed by atoms with Crippen molar-refractivity contribution in [1.82, 2.24) is 9.80 Å². The average molecular weight is 445 g/mol. The van der Waals surface area contributed by atoms with Crippen molar-refractivity contribution in [2.24, 2.45) is 5.92 Å². The SMILES string of the molecule is CC(C)CNc1ccc(-c2ccc(CN3CC(=O)N(C)C3=O)cc2)c(Br)c1N. The fourth-order valence-electron chi connectivity index (χ4n) is 3.07. The van der Waals surface area contributed by atoms with E-state index >= 15 is 0 Å². The van der Waals surface area contributed by atoms with E-state index in [4.69, 9.17) is 5.73 Å². The number of hydrogen-bond donors (Lipinski definition) is 2. The van der Waals surface area contributed by atoms with Gasteiger partial charge >= 0.3 is 6.03 Å². The Morgan fingerprint density at radius 2 is 1.82 bits per heavy atom. The number of hydrogen-bond acceptors (Lipinski definition) is 4. The van der Waals surface area contributed by atoms with E-state index < -0.39 is 0 Å². The van der Waals surface area contributed by atoms with Crippen molar-refractivity contribution >= 4 is 39.2 Å². The summed E-state index contributed by atoms with van der Waals surface area (Å²) in [5, 5.41) is 3.37. The molecule has 6 nitrogen and oxygen atoms in total. The maximum Gasteiger partial charge on any atom is 0.327 e. The molecule has 148 valence electrons. The molecular weight excluding hydrogens is 420 g/mol. The largest absolute Gasteiger partial charge is 0.396 e. The Balaban J connectivity index is 1.75. The minimum Gasteiger partial charge on any atom is -0.396 e. The number of nitrogen functional groups attached to an aromatic ring is 1. The van der Waals surface area contributed by atoms with Gasteiger partial charge < -0.3 is 16.0 Å². The van der Waals surface area contributed by atoms with Gasteiger partial charge in [-0.3, -0.25) is 9.69 Å². The van der Waals surface area contributed by atoms with E-state index in [1.165, 1.54) is 7.05 Å². The zero-order valence-corrected chi connectivity index (χ0v) is 17.9. The van der Waals surface area contributed by atoms with Gasteiger partial charge in [0.25, 0.3) is 0 Å². The summed E-state index contributed by atoms with van der Waals surface area (Å²) < 4.78 is 0.857. The van der Waals surface area contributed by atoms with Crippen LogP contribution in [0.2, 0.25) is 0 Å². The van der Waals surface area contributed by atoms with Gasteiger partial charge in [0.05, 0.1) is 15.8 Å². The number of halogens is 1. The summed E-state index contributed by atoms with van der Waals surface area (Å²) >= 11 is 3.62. The number of nitrogens with one attached hydrogen (secondary N) is 1. The van der Waals surface area contributed by atoms with Crippen molar-refractivity contribution in [2.75, 3.05) is 31.2 Å². The van der Waals surface area contributed by atoms with Crippen molar-refractivity contribution in [3.63, 3.8) is 0 Å². The number of benzene rings is 2. The molecule has 0 atom stereocenters. The number of nitrogens with zero attached hydrogens (tertiary/aromatic N) is 2. The van der Waals surface area contributed by atoms with Gasteiger partial charge in [-0.2, -0.15) is 0 Å². The van der Waals surface area contributed by atoms with E-state index in [1.54, 1.807) is 4.90 Å². The maximum atomic E-state index is 12.0. The lowest BCUT2D eigenvalue weighted by atomic mass is 10.0. The van der Waals surface area contributed by atoms with E-state index in [-0.39, 0.29) is 18.5 Å². The quantitative estimate of drug-likeness (QED) is 0.517. The Hall–Kier alpha value is -2.54. The third kappa shape index (κ3) is 4.14. The predicted molar refractivity (Wildman–Crippen MR) is 116 cm³/mol. The fraction of sp³-hybridized carbons (Fsp3) is 0.333. The smallest absolute Gasteiger partial charge is 0.327 e. The summed E-state index contributed by atoms with van der Waals surface area (Å²) in [6.45, 7) is 5.70. The molecule has 3 N–H and O–H groups in total. The van der Waals surface area contributed by atoms with Crippen LogP contribution < -0.4 is 11.1 Å². The summed E-state index contributed by atoms with van der Waals surface area (Å²) in [7, 11) is 1.51. The lowest BCUT2D eigenvalue weighted by molar-refractivity contribution is -0.124. The van der Waals surface area contributed by atoms with Crippen molar-refractivity contribution in [2.45, 2.75) is 20.4 Å². The minimum absolute atomic E-state index is 0.129. The Morgan fingerprint density at radius 3 is 2.39 bits per heavy atom. The van der Waals surface area contributed by atoms with Gasteiger partial charge in [0.15, 0.2) is 0 Å². The van der Waals surface area contributed by atoms with Gasteiger partial charge in [-0.1, -0.05) is 44.2 Å². The Bertz CT molecular complexity index is 896. The van der Waals surface area contributed by atoms with Crippen molar-refractivity contribution in [3.8, 4) is 11.1 Å². The standard InChI is InChI=1S/C21H25BrN4O2/c1-13(2)10-24-17-9-8-16(19(22)20(17)23)15-6-4-14(5-7-15)11-26-12-18(27)25(3)21(26)28/h4-9,13,24H,10-12,23H2,1-3H3. The van der Waals surface area contributed by atoms with Gasteiger partial charge in [-0.05, 0) is 44.6 Å². The van der Waals surface area contributed by atoms with Crippen LogP contribution in [-0.4, -0.2) is 41.9 Å². The molecule has 0 unspecified atom stereocenters. The number of imide groups is 1. The second-order valence-corrected chi connectivity index (χ2v) is 8.24. The Labute approximate surface area is 173 Å². The van der Waals surface area contributed by atoms with E-state index in [0.717, 1.165) is 38.3 Å². The summed E-state index contributed by atoms with van der Waals surface area (Å²) in [5.41, 5.74) is 10.9. The summed E-state index contributed by atoms with van der Waals surface area (Å²) in [6.07, 6.45) is 0. The highest BCUT2D eigenvalue weighted by molar-refractivity contribution is 9.10. The first kappa shape index (κ1) is 20.2. The minimum atomic E-state index is -0.255. The number of rotatable bonds is 6. The lowest BCUT2D eigenvalue weighted by Crippen LogP contribution is -2.29. The van der Waals surface area contributed by atoms with Gasteiger partial charge in [0.1, 0.15) is 6.54 Å². The highest BCUT2D eigenvalue weighted by Crippen LogP contribution is 2.37. The lowest BCUT2D eigenvalue weighted by Gasteiger charge is -2.16. The van der Waals surface area contributed by atoms with Gasteiger partial charge in [0, 0.05) is 20.1 Å². The van der Waals surface area contributed by atoms with E-state index in [1.807, 2.05) is 36.4 Å². The first-order valence-electron chi connectivity index (χ1n) is 9.24. The van der Waals surface area contributed by atoms with Crippen LogP contribution in [0.25, 0.3) is 11.1 Å². The average Bonchev–Trinajstić information content (AvgIpc) is 2.90. The predicted octanol–water partition coefficient (Wildman–Crippen LogP) is 4.16. The number of likely N-dealkylation sites (N-methyl/N-ethyl adjacent to an activating group) is 1. The molecule has 2 aromatic carbocycles. The first-order chi connectivity index (χ1) is 13.3. The topological polar surface area (TPSA) is 78.7 Å². The van der Waals surface area contributed by atoms with E-state index in [0.29, 0.717) is 18.2 Å². The number of urea groups is 1. The molecule has 1 saturated heterocycles. The number of anilines is 2. The molecule has 1 aliphatic heterocycles. The van der Waals surface area contributed by atoms with Gasteiger partial charge in [-0.15, -0.1) is 0 Å². The van der Waals surface area contributed by atoms with Crippen LogP contribution >= 0.6 is 15.9 Å². The Kier molecular flexibility index (Phi) is 5.93. The second-order valence-electron chi connectivity index (χ2n) is 7.45. The third-order valence-corrected chi connectivity index (χ3v) is 5.63. The molecule has 0 radical (unpaired) electrons. The number of amides is 3. The summed E-state index contributed by atoms with van der Waals surface area (Å²) in [6, 6.07) is 11.7. The zero-order valence-electron chi connectivity index (χ0n) is 16.3. The van der Waals surface area contributed by atoms with Crippen LogP contribution in [0.3, 0.4) is 0 Å². The van der Waals surface area contributed by atoms with Crippen molar-refractivity contribution in [1.29, 1.82) is 0 Å². The van der Waals surface area contributed by atoms with Crippen LogP contribution in [0.4, 0.5) is 16.2 Å². The molecule has 1 heterocycles. The number of nitrogens with two attached hydrogens (primary N) is 1. The molecule has 0 bridgehead atoms. The zero-order chi connectivity index (χ0) is 20.4. The molecule has 3 rings (SSSR count). The van der Waals surface area contributed by atoms with Crippen LogP contribution in [0.5, 0.6) is 0 Å². The molecule has 0 aliphatic carbocycles. The molecule has 28 heavy (non-hydrogen) atoms. The number of carbonyl (C=O) groups excluding carboxylic acids is 2. The maximum absolute atomic E-state index is 12.0. The molecular formula is C21H25BrN4O2. The molecule has 1 aliphatic rings. The molecule has 1 fully saturated rings. The summed E-state index contributed by atoms with van der Waals surface area (Å²) in [4.78, 5) is 26.4. The highest BCUT2D eigenvalue weighted by Gasteiger charge is 2.32. The van der Waals surface area contributed by atoms with Crippen LogP contribution in [-0.2, 0) is 11.3 Å². The normalized spacial score (nSPS) is 14.3. The second kappa shape index (κ2) is 8.22. The van der Waals surface area contributed by atoms with Crippen LogP contribution in [0.1, 0.15) is 19.4 Å². The van der Waals surface area contributed by atoms with Crippen LogP contribution in [0, 0.1) is 5.92 Å². The monoisotopic (exact) mass is 444 g/mol. The highest BCUT2D eigenvalue weighted by atomic mass is 79.9. The van der Waals surface area contributed by atoms with E-state index in [9.17, 15) is 9.59 Å². The first-order valence-corrected chi connectivity index (χ1v) is 10.0.